The summed E-state index contributed by atoms with van der Waals surface area (Å²) in [5.41, 5.74) is 3.78. The van der Waals surface area contributed by atoms with E-state index in [-0.39, 0.29) is 25.0 Å². The van der Waals surface area contributed by atoms with Crippen molar-refractivity contribution in [3.05, 3.63) is 81.9 Å². The first-order valence-corrected chi connectivity index (χ1v) is 10.2. The molecule has 0 bridgehead atoms. The smallest absolute Gasteiger partial charge is 0.310 e. The SMILES string of the molecule is Cc1ccc(C2=NN(C(=O)COC(=O)Cc3ccsc3)[C@H](c3ccco3)C2)cc1. The number of rotatable bonds is 6. The van der Waals surface area contributed by atoms with Crippen LogP contribution in [0.25, 0.3) is 0 Å². The lowest BCUT2D eigenvalue weighted by atomic mass is 10.0. The van der Waals surface area contributed by atoms with Gasteiger partial charge in [-0.2, -0.15) is 16.4 Å². The quantitative estimate of drug-likeness (QED) is 0.576. The van der Waals surface area contributed by atoms with Crippen molar-refractivity contribution in [1.82, 2.24) is 5.01 Å². The highest BCUT2D eigenvalue weighted by atomic mass is 32.1. The molecule has 0 saturated heterocycles. The molecule has 0 N–H and O–H groups in total. The molecule has 1 amide bonds. The van der Waals surface area contributed by atoms with E-state index in [1.54, 1.807) is 12.3 Å². The number of thiophene rings is 1. The molecular formula is C22H20N2O4S. The van der Waals surface area contributed by atoms with Gasteiger partial charge in [-0.25, -0.2) is 5.01 Å². The topological polar surface area (TPSA) is 72.1 Å². The lowest BCUT2D eigenvalue weighted by molar-refractivity contribution is -0.152. The van der Waals surface area contributed by atoms with Gasteiger partial charge in [0.2, 0.25) is 0 Å². The Bertz CT molecular complexity index is 1010. The monoisotopic (exact) mass is 408 g/mol. The first-order valence-electron chi connectivity index (χ1n) is 9.27. The van der Waals surface area contributed by atoms with E-state index in [0.717, 1.165) is 22.4 Å². The van der Waals surface area contributed by atoms with Crippen molar-refractivity contribution in [2.75, 3.05) is 6.61 Å². The van der Waals surface area contributed by atoms with E-state index in [2.05, 4.69) is 5.10 Å². The Balaban J connectivity index is 1.47. The van der Waals surface area contributed by atoms with Crippen LogP contribution >= 0.6 is 11.3 Å². The predicted octanol–water partition coefficient (Wildman–Crippen LogP) is 4.11. The molecule has 1 aliphatic heterocycles. The van der Waals surface area contributed by atoms with Crippen molar-refractivity contribution in [2.24, 2.45) is 5.10 Å². The van der Waals surface area contributed by atoms with Gasteiger partial charge < -0.3 is 9.15 Å². The van der Waals surface area contributed by atoms with Gasteiger partial charge in [0.15, 0.2) is 6.61 Å². The third-order valence-electron chi connectivity index (χ3n) is 4.71. The second kappa shape index (κ2) is 8.45. The molecule has 6 nitrogen and oxygen atoms in total. The van der Waals surface area contributed by atoms with E-state index in [1.165, 1.54) is 16.3 Å². The number of hydrazone groups is 1. The minimum Gasteiger partial charge on any atom is -0.467 e. The molecule has 0 radical (unpaired) electrons. The fraction of sp³-hybridized carbons (Fsp3) is 0.227. The molecule has 7 heteroatoms. The van der Waals surface area contributed by atoms with Crippen molar-refractivity contribution < 1.29 is 18.7 Å². The van der Waals surface area contributed by atoms with Crippen LogP contribution in [0.4, 0.5) is 0 Å². The average Bonchev–Trinajstić information content (AvgIpc) is 3.47. The number of carbonyl (C=O) groups excluding carboxylic acids is 2. The Kier molecular flexibility index (Phi) is 5.57. The number of nitrogens with zero attached hydrogens (tertiary/aromatic N) is 2. The summed E-state index contributed by atoms with van der Waals surface area (Å²) >= 11 is 1.51. The molecule has 3 heterocycles. The molecule has 1 atom stereocenters. The molecule has 0 aliphatic carbocycles. The molecule has 3 aromatic rings. The number of ether oxygens (including phenoxy) is 1. The van der Waals surface area contributed by atoms with Crippen LogP contribution in [-0.2, 0) is 20.7 Å². The summed E-state index contributed by atoms with van der Waals surface area (Å²) in [6.07, 6.45) is 2.25. The fourth-order valence-electron chi connectivity index (χ4n) is 3.18. The standard InChI is InChI=1S/C22H20N2O4S/c1-15-4-6-17(7-5-15)18-12-19(20-3-2-9-27-20)24(23-18)21(25)13-28-22(26)11-16-8-10-29-14-16/h2-10,14,19H,11-13H2,1H3/t19-/m0/s1. The first-order chi connectivity index (χ1) is 14.1. The van der Waals surface area contributed by atoms with Crippen LogP contribution in [-0.4, -0.2) is 29.2 Å². The van der Waals surface area contributed by atoms with Crippen molar-refractivity contribution in [1.29, 1.82) is 0 Å². The molecule has 0 saturated carbocycles. The Morgan fingerprint density at radius 1 is 1.24 bits per heavy atom. The van der Waals surface area contributed by atoms with Gasteiger partial charge in [-0.3, -0.25) is 9.59 Å². The Labute approximate surface area is 172 Å². The van der Waals surface area contributed by atoms with Crippen molar-refractivity contribution in [3.63, 3.8) is 0 Å². The van der Waals surface area contributed by atoms with E-state index >= 15 is 0 Å². The Hall–Kier alpha value is -3.19. The lowest BCUT2D eigenvalue weighted by Gasteiger charge is -2.19. The zero-order valence-corrected chi connectivity index (χ0v) is 16.7. The maximum absolute atomic E-state index is 12.8. The molecule has 2 aromatic heterocycles. The zero-order chi connectivity index (χ0) is 20.2. The van der Waals surface area contributed by atoms with Gasteiger partial charge in [0.25, 0.3) is 5.91 Å². The maximum atomic E-state index is 12.8. The Morgan fingerprint density at radius 3 is 2.76 bits per heavy atom. The third kappa shape index (κ3) is 4.46. The van der Waals surface area contributed by atoms with Crippen LogP contribution in [0.5, 0.6) is 0 Å². The van der Waals surface area contributed by atoms with E-state index in [1.807, 2.05) is 54.1 Å². The number of esters is 1. The van der Waals surface area contributed by atoms with Crippen LogP contribution in [0.1, 0.15) is 34.9 Å². The second-order valence-corrected chi connectivity index (χ2v) is 7.64. The maximum Gasteiger partial charge on any atom is 0.310 e. The summed E-state index contributed by atoms with van der Waals surface area (Å²) in [5, 5.41) is 9.68. The second-order valence-electron chi connectivity index (χ2n) is 6.86. The summed E-state index contributed by atoms with van der Waals surface area (Å²) in [6.45, 7) is 1.66. The molecule has 0 fully saturated rings. The molecule has 1 aliphatic rings. The molecule has 148 valence electrons. The molecule has 29 heavy (non-hydrogen) atoms. The number of benzene rings is 1. The van der Waals surface area contributed by atoms with E-state index in [4.69, 9.17) is 9.15 Å². The lowest BCUT2D eigenvalue weighted by Crippen LogP contribution is -2.31. The van der Waals surface area contributed by atoms with Gasteiger partial charge >= 0.3 is 5.97 Å². The van der Waals surface area contributed by atoms with Crippen molar-refractivity contribution >= 4 is 28.9 Å². The van der Waals surface area contributed by atoms with Crippen molar-refractivity contribution in [3.8, 4) is 0 Å². The molecule has 1 aromatic carbocycles. The van der Waals surface area contributed by atoms with Crippen LogP contribution in [0.3, 0.4) is 0 Å². The highest BCUT2D eigenvalue weighted by molar-refractivity contribution is 7.08. The summed E-state index contributed by atoms with van der Waals surface area (Å²) in [7, 11) is 0. The zero-order valence-electron chi connectivity index (χ0n) is 15.9. The van der Waals surface area contributed by atoms with Crippen LogP contribution in [0, 0.1) is 6.92 Å². The highest BCUT2D eigenvalue weighted by Gasteiger charge is 2.35. The summed E-state index contributed by atoms with van der Waals surface area (Å²) in [4.78, 5) is 24.8. The Morgan fingerprint density at radius 2 is 2.07 bits per heavy atom. The molecule has 0 unspecified atom stereocenters. The van der Waals surface area contributed by atoms with Gasteiger partial charge in [-0.05, 0) is 47.0 Å². The fourth-order valence-corrected chi connectivity index (χ4v) is 3.85. The number of hydrogen-bond acceptors (Lipinski definition) is 6. The van der Waals surface area contributed by atoms with E-state index < -0.39 is 5.97 Å². The van der Waals surface area contributed by atoms with Gasteiger partial charge in [0.1, 0.15) is 11.8 Å². The van der Waals surface area contributed by atoms with Crippen molar-refractivity contribution in [2.45, 2.75) is 25.8 Å². The largest absolute Gasteiger partial charge is 0.467 e. The summed E-state index contributed by atoms with van der Waals surface area (Å²) < 4.78 is 10.7. The van der Waals surface area contributed by atoms with Crippen LogP contribution < -0.4 is 0 Å². The first kappa shape index (κ1) is 19.1. The number of furan rings is 1. The van der Waals surface area contributed by atoms with Gasteiger partial charge in [0, 0.05) is 6.42 Å². The molecule has 0 spiro atoms. The van der Waals surface area contributed by atoms with Gasteiger partial charge in [-0.1, -0.05) is 29.8 Å². The predicted molar refractivity (Wildman–Crippen MR) is 110 cm³/mol. The van der Waals surface area contributed by atoms with Gasteiger partial charge in [0.05, 0.1) is 18.4 Å². The van der Waals surface area contributed by atoms with E-state index in [0.29, 0.717) is 12.2 Å². The van der Waals surface area contributed by atoms with Gasteiger partial charge in [-0.15, -0.1) is 0 Å². The minimum absolute atomic E-state index is 0.149. The summed E-state index contributed by atoms with van der Waals surface area (Å²) in [5.74, 6) is -0.172. The van der Waals surface area contributed by atoms with Crippen LogP contribution in [0.2, 0.25) is 0 Å². The average molecular weight is 408 g/mol. The summed E-state index contributed by atoms with van der Waals surface area (Å²) in [6, 6.07) is 13.1. The number of carbonyl (C=O) groups is 2. The number of aryl methyl sites for hydroxylation is 1. The van der Waals surface area contributed by atoms with Crippen LogP contribution in [0.15, 0.2) is 69.0 Å². The van der Waals surface area contributed by atoms with E-state index in [9.17, 15) is 9.59 Å². The highest BCUT2D eigenvalue weighted by Crippen LogP contribution is 2.33. The normalized spacial score (nSPS) is 16.0. The number of amides is 1. The third-order valence-corrected chi connectivity index (χ3v) is 5.44. The number of hydrogen-bond donors (Lipinski definition) is 0. The minimum atomic E-state index is -0.437. The molecular weight excluding hydrogens is 388 g/mol. The molecule has 4 rings (SSSR count).